The Labute approximate surface area is 85.1 Å². The zero-order chi connectivity index (χ0) is 9.42. The molecular weight excluding hydrogens is 206 g/mol. The number of fused-ring (bicyclic) bond motifs is 1. The lowest BCUT2D eigenvalue weighted by Crippen LogP contribution is -1.95. The highest BCUT2D eigenvalue weighted by atomic mass is 35.5. The number of rotatable bonds is 1. The van der Waals surface area contributed by atoms with Crippen molar-refractivity contribution in [1.29, 1.82) is 0 Å². The number of halogens is 1. The molecule has 0 aliphatic heterocycles. The summed E-state index contributed by atoms with van der Waals surface area (Å²) in [5.74, 6) is 0. The summed E-state index contributed by atoms with van der Waals surface area (Å²) in [5.41, 5.74) is 2.07. The molecule has 3 nitrogen and oxygen atoms in total. The van der Waals surface area contributed by atoms with Crippen LogP contribution in [0.4, 0.5) is 0 Å². The summed E-state index contributed by atoms with van der Waals surface area (Å²) < 4.78 is 1.95. The van der Waals surface area contributed by atoms with Gasteiger partial charge in [-0.05, 0) is 24.8 Å². The highest BCUT2D eigenvalue weighted by molar-refractivity contribution is 7.98. The molecule has 2 heterocycles. The van der Waals surface area contributed by atoms with Crippen molar-refractivity contribution in [3.63, 3.8) is 0 Å². The van der Waals surface area contributed by atoms with Gasteiger partial charge >= 0.3 is 0 Å². The van der Waals surface area contributed by atoms with Crippen molar-refractivity contribution in [1.82, 2.24) is 14.6 Å². The van der Waals surface area contributed by atoms with Gasteiger partial charge < -0.3 is 0 Å². The van der Waals surface area contributed by atoms with Gasteiger partial charge in [-0.15, -0.1) is 10.2 Å². The maximum Gasteiger partial charge on any atom is 0.194 e. The summed E-state index contributed by atoms with van der Waals surface area (Å²) in [6.45, 7) is 2.02. The molecule has 0 radical (unpaired) electrons. The molecular formula is C8H8ClN3S. The van der Waals surface area contributed by atoms with Gasteiger partial charge in [-0.25, -0.2) is 0 Å². The van der Waals surface area contributed by atoms with Crippen LogP contribution in [0.5, 0.6) is 0 Å². The van der Waals surface area contributed by atoms with Gasteiger partial charge in [0.15, 0.2) is 10.3 Å². The second-order valence-electron chi connectivity index (χ2n) is 2.75. The Bertz CT molecular complexity index is 452. The standard InChI is InChI=1S/C8H8ClN3S/c1-5-3-6-7(9)10-11-8(13-2)12(6)4-5/h3-4H,1-2H3. The van der Waals surface area contributed by atoms with E-state index in [0.29, 0.717) is 5.15 Å². The van der Waals surface area contributed by atoms with Gasteiger partial charge in [0, 0.05) is 6.20 Å². The van der Waals surface area contributed by atoms with Crippen molar-refractivity contribution >= 4 is 28.9 Å². The number of thioether (sulfide) groups is 1. The van der Waals surface area contributed by atoms with Gasteiger partial charge in [0.25, 0.3) is 0 Å². The van der Waals surface area contributed by atoms with E-state index in [0.717, 1.165) is 16.2 Å². The van der Waals surface area contributed by atoms with Crippen molar-refractivity contribution in [2.75, 3.05) is 6.26 Å². The highest BCUT2D eigenvalue weighted by Crippen LogP contribution is 2.21. The molecule has 0 aliphatic carbocycles. The fourth-order valence-electron chi connectivity index (χ4n) is 1.24. The third-order valence-electron chi connectivity index (χ3n) is 1.78. The first-order valence-corrected chi connectivity index (χ1v) is 5.37. The van der Waals surface area contributed by atoms with Crippen molar-refractivity contribution in [2.24, 2.45) is 0 Å². The SMILES string of the molecule is CSc1nnc(Cl)c2cc(C)cn12. The quantitative estimate of drug-likeness (QED) is 0.682. The molecule has 5 heteroatoms. The van der Waals surface area contributed by atoms with E-state index in [4.69, 9.17) is 11.6 Å². The molecule has 0 spiro atoms. The largest absolute Gasteiger partial charge is 0.292 e. The summed E-state index contributed by atoms with van der Waals surface area (Å²) in [4.78, 5) is 0. The minimum atomic E-state index is 0.450. The Hall–Kier alpha value is -0.740. The average molecular weight is 214 g/mol. The molecule has 13 heavy (non-hydrogen) atoms. The second kappa shape index (κ2) is 3.20. The fourth-order valence-corrected chi connectivity index (χ4v) is 1.89. The lowest BCUT2D eigenvalue weighted by Gasteiger charge is -2.00. The molecule has 0 unspecified atom stereocenters. The lowest BCUT2D eigenvalue weighted by molar-refractivity contribution is 0.811. The zero-order valence-corrected chi connectivity index (χ0v) is 8.85. The Morgan fingerprint density at radius 2 is 2.23 bits per heavy atom. The molecule has 0 bridgehead atoms. The smallest absolute Gasteiger partial charge is 0.194 e. The summed E-state index contributed by atoms with van der Waals surface area (Å²) in [6.07, 6.45) is 3.97. The summed E-state index contributed by atoms with van der Waals surface area (Å²) in [5, 5.41) is 9.15. The molecule has 0 saturated heterocycles. The molecule has 0 amide bonds. The molecule has 0 N–H and O–H groups in total. The van der Waals surface area contributed by atoms with Crippen molar-refractivity contribution < 1.29 is 0 Å². The summed E-state index contributed by atoms with van der Waals surface area (Å²) in [6, 6.07) is 2.00. The van der Waals surface area contributed by atoms with Gasteiger partial charge in [-0.1, -0.05) is 23.4 Å². The van der Waals surface area contributed by atoms with Crippen LogP contribution in [0.2, 0.25) is 5.15 Å². The third-order valence-corrected chi connectivity index (χ3v) is 2.69. The van der Waals surface area contributed by atoms with Crippen LogP contribution in [0.1, 0.15) is 5.56 Å². The van der Waals surface area contributed by atoms with Gasteiger partial charge in [0.1, 0.15) is 0 Å². The summed E-state index contributed by atoms with van der Waals surface area (Å²) in [7, 11) is 0. The van der Waals surface area contributed by atoms with Crippen LogP contribution >= 0.6 is 23.4 Å². The first-order chi connectivity index (χ1) is 6.22. The number of hydrogen-bond donors (Lipinski definition) is 0. The van der Waals surface area contributed by atoms with E-state index in [9.17, 15) is 0 Å². The van der Waals surface area contributed by atoms with E-state index < -0.39 is 0 Å². The first kappa shape index (κ1) is 8.84. The first-order valence-electron chi connectivity index (χ1n) is 3.77. The number of aromatic nitrogens is 3. The van der Waals surface area contributed by atoms with Crippen molar-refractivity contribution in [3.05, 3.63) is 23.0 Å². The summed E-state index contributed by atoms with van der Waals surface area (Å²) >= 11 is 7.45. The monoisotopic (exact) mass is 213 g/mol. The van der Waals surface area contributed by atoms with E-state index in [1.54, 1.807) is 11.8 Å². The predicted molar refractivity (Wildman–Crippen MR) is 54.5 cm³/mol. The molecule has 0 saturated carbocycles. The van der Waals surface area contributed by atoms with Crippen LogP contribution in [-0.4, -0.2) is 20.9 Å². The molecule has 0 aliphatic rings. The van der Waals surface area contributed by atoms with E-state index >= 15 is 0 Å². The zero-order valence-electron chi connectivity index (χ0n) is 7.28. The number of hydrogen-bond acceptors (Lipinski definition) is 3. The van der Waals surface area contributed by atoms with E-state index in [2.05, 4.69) is 10.2 Å². The third kappa shape index (κ3) is 1.40. The molecule has 2 aromatic heterocycles. The van der Waals surface area contributed by atoms with Crippen LogP contribution in [0, 0.1) is 6.92 Å². The van der Waals surface area contributed by atoms with Gasteiger partial charge in [0.2, 0.25) is 0 Å². The Balaban J connectivity index is 2.83. The molecule has 0 aromatic carbocycles. The Morgan fingerprint density at radius 1 is 1.46 bits per heavy atom. The molecule has 0 atom stereocenters. The maximum atomic E-state index is 5.90. The van der Waals surface area contributed by atoms with Gasteiger partial charge in [-0.2, -0.15) is 0 Å². The number of aryl methyl sites for hydroxylation is 1. The normalized spacial score (nSPS) is 11.0. The molecule has 2 aromatic rings. The van der Waals surface area contributed by atoms with Crippen LogP contribution in [0.25, 0.3) is 5.52 Å². The Kier molecular flexibility index (Phi) is 2.17. The predicted octanol–water partition coefficient (Wildman–Crippen LogP) is 2.41. The topological polar surface area (TPSA) is 30.2 Å². The van der Waals surface area contributed by atoms with Crippen LogP contribution in [-0.2, 0) is 0 Å². The Morgan fingerprint density at radius 3 is 2.92 bits per heavy atom. The maximum absolute atomic E-state index is 5.90. The highest BCUT2D eigenvalue weighted by Gasteiger charge is 2.06. The van der Waals surface area contributed by atoms with Crippen molar-refractivity contribution in [3.8, 4) is 0 Å². The second-order valence-corrected chi connectivity index (χ2v) is 3.88. The van der Waals surface area contributed by atoms with Gasteiger partial charge in [-0.3, -0.25) is 4.40 Å². The molecule has 0 fully saturated rings. The van der Waals surface area contributed by atoms with E-state index in [-0.39, 0.29) is 0 Å². The van der Waals surface area contributed by atoms with E-state index in [1.165, 1.54) is 0 Å². The molecule has 68 valence electrons. The minimum Gasteiger partial charge on any atom is -0.292 e. The van der Waals surface area contributed by atoms with Crippen LogP contribution < -0.4 is 0 Å². The fraction of sp³-hybridized carbons (Fsp3) is 0.250. The van der Waals surface area contributed by atoms with E-state index in [1.807, 2.05) is 29.8 Å². The van der Waals surface area contributed by atoms with Gasteiger partial charge in [0.05, 0.1) is 5.52 Å². The number of nitrogens with zero attached hydrogens (tertiary/aromatic N) is 3. The minimum absolute atomic E-state index is 0.450. The van der Waals surface area contributed by atoms with Crippen molar-refractivity contribution in [2.45, 2.75) is 12.1 Å². The van der Waals surface area contributed by atoms with Crippen LogP contribution in [0.3, 0.4) is 0 Å². The lowest BCUT2D eigenvalue weighted by atomic mass is 10.4. The average Bonchev–Trinajstić information content (AvgIpc) is 2.48. The molecule has 2 rings (SSSR count). The van der Waals surface area contributed by atoms with Crippen LogP contribution in [0.15, 0.2) is 17.4 Å².